The number of hydrogen-bond donors (Lipinski definition) is 0. The number of carbonyl (C=O) groups excluding carboxylic acids is 1. The number of likely N-dealkylation sites (tertiary alicyclic amines) is 1. The number of carbonyl (C=O) groups is 1. The van der Waals surface area contributed by atoms with Crippen LogP contribution in [0, 0.1) is 5.92 Å². The standard InChI is InChI=1S/C23H33N5OS/c1-15-9-12-27(13-10-15)14-19-24-21(28-11-5-7-17(28)23(29)26(2)3)20-16-6-4-8-18(16)30-22(20)25-19/h15,17H,4-14H2,1-3H3/t17-/m1/s1. The van der Waals surface area contributed by atoms with Crippen molar-refractivity contribution in [1.82, 2.24) is 19.8 Å². The van der Waals surface area contributed by atoms with Gasteiger partial charge in [0.15, 0.2) is 0 Å². The Kier molecular flexibility index (Phi) is 5.44. The molecule has 2 aliphatic heterocycles. The number of hydrogen-bond acceptors (Lipinski definition) is 6. The van der Waals surface area contributed by atoms with Crippen molar-refractivity contribution in [3.05, 3.63) is 16.3 Å². The molecular formula is C23H33N5OS. The third-order valence-electron chi connectivity index (χ3n) is 7.08. The van der Waals surface area contributed by atoms with Gasteiger partial charge in [0, 0.05) is 25.5 Å². The van der Waals surface area contributed by atoms with Gasteiger partial charge in [-0.25, -0.2) is 9.97 Å². The summed E-state index contributed by atoms with van der Waals surface area (Å²) < 4.78 is 0. The first-order chi connectivity index (χ1) is 14.5. The van der Waals surface area contributed by atoms with E-state index in [0.29, 0.717) is 0 Å². The Morgan fingerprint density at radius 1 is 1.10 bits per heavy atom. The molecule has 1 aliphatic carbocycles. The fourth-order valence-corrected chi connectivity index (χ4v) is 6.57. The maximum Gasteiger partial charge on any atom is 0.244 e. The van der Waals surface area contributed by atoms with Gasteiger partial charge in [0.05, 0.1) is 11.9 Å². The minimum absolute atomic E-state index is 0.0984. The maximum atomic E-state index is 12.9. The van der Waals surface area contributed by atoms with Gasteiger partial charge in [0.25, 0.3) is 0 Å². The highest BCUT2D eigenvalue weighted by atomic mass is 32.1. The second-order valence-corrected chi connectivity index (χ2v) is 10.6. The molecule has 7 heteroatoms. The number of likely N-dealkylation sites (N-methyl/N-ethyl adjacent to an activating group) is 1. The zero-order valence-electron chi connectivity index (χ0n) is 18.5. The Hall–Kier alpha value is -1.73. The lowest BCUT2D eigenvalue weighted by Crippen LogP contribution is -2.43. The second-order valence-electron chi connectivity index (χ2n) is 9.54. The SMILES string of the molecule is CC1CCN(Cc2nc(N3CCC[C@@H]3C(=O)N(C)C)c3c4c(sc3n2)CCC4)CC1. The summed E-state index contributed by atoms with van der Waals surface area (Å²) in [6.07, 6.45) is 7.98. The lowest BCUT2D eigenvalue weighted by molar-refractivity contribution is -0.129. The Morgan fingerprint density at radius 3 is 2.67 bits per heavy atom. The fourth-order valence-electron chi connectivity index (χ4n) is 5.29. The maximum absolute atomic E-state index is 12.9. The van der Waals surface area contributed by atoms with Gasteiger partial charge in [-0.15, -0.1) is 11.3 Å². The van der Waals surface area contributed by atoms with Crippen LogP contribution in [0.1, 0.15) is 55.3 Å². The molecule has 3 aliphatic rings. The third kappa shape index (κ3) is 3.60. The Bertz CT molecular complexity index is 947. The van der Waals surface area contributed by atoms with E-state index < -0.39 is 0 Å². The van der Waals surface area contributed by atoms with Crippen LogP contribution in [0.5, 0.6) is 0 Å². The van der Waals surface area contributed by atoms with Gasteiger partial charge in [0.1, 0.15) is 22.5 Å². The van der Waals surface area contributed by atoms with Gasteiger partial charge >= 0.3 is 0 Å². The number of piperidine rings is 1. The summed E-state index contributed by atoms with van der Waals surface area (Å²) in [4.78, 5) is 32.2. The Labute approximate surface area is 183 Å². The van der Waals surface area contributed by atoms with Crippen LogP contribution in [-0.4, -0.2) is 65.4 Å². The summed E-state index contributed by atoms with van der Waals surface area (Å²) >= 11 is 1.86. The molecule has 4 heterocycles. The van der Waals surface area contributed by atoms with Crippen molar-refractivity contribution < 1.29 is 4.79 Å². The predicted molar refractivity (Wildman–Crippen MR) is 122 cm³/mol. The summed E-state index contributed by atoms with van der Waals surface area (Å²) in [5.41, 5.74) is 1.45. The first kappa shape index (κ1) is 20.2. The van der Waals surface area contributed by atoms with Gasteiger partial charge in [-0.3, -0.25) is 9.69 Å². The molecule has 2 aromatic rings. The zero-order chi connectivity index (χ0) is 20.8. The first-order valence-corrected chi connectivity index (χ1v) is 12.3. The van der Waals surface area contributed by atoms with E-state index in [4.69, 9.17) is 9.97 Å². The summed E-state index contributed by atoms with van der Waals surface area (Å²) in [6.45, 7) is 6.33. The lowest BCUT2D eigenvalue weighted by atomic mass is 9.99. The minimum Gasteiger partial charge on any atom is -0.347 e. The van der Waals surface area contributed by atoms with Crippen LogP contribution in [0.25, 0.3) is 10.2 Å². The smallest absolute Gasteiger partial charge is 0.244 e. The Balaban J connectivity index is 1.54. The molecule has 5 rings (SSSR count). The fraction of sp³-hybridized carbons (Fsp3) is 0.696. The molecule has 2 saturated heterocycles. The minimum atomic E-state index is -0.0984. The number of aromatic nitrogens is 2. The topological polar surface area (TPSA) is 52.6 Å². The van der Waals surface area contributed by atoms with Crippen LogP contribution in [0.4, 0.5) is 5.82 Å². The van der Waals surface area contributed by atoms with E-state index in [2.05, 4.69) is 16.7 Å². The van der Waals surface area contributed by atoms with E-state index in [1.54, 1.807) is 4.90 Å². The number of thiophene rings is 1. The first-order valence-electron chi connectivity index (χ1n) is 11.5. The van der Waals surface area contributed by atoms with Crippen molar-refractivity contribution in [3.8, 4) is 0 Å². The molecule has 30 heavy (non-hydrogen) atoms. The number of nitrogens with zero attached hydrogens (tertiary/aromatic N) is 5. The van der Waals surface area contributed by atoms with Gasteiger partial charge < -0.3 is 9.80 Å². The predicted octanol–water partition coefficient (Wildman–Crippen LogP) is 3.47. The van der Waals surface area contributed by atoms with Crippen LogP contribution >= 0.6 is 11.3 Å². The molecule has 0 N–H and O–H groups in total. The van der Waals surface area contributed by atoms with Crippen LogP contribution in [0.15, 0.2) is 0 Å². The average molecular weight is 428 g/mol. The highest BCUT2D eigenvalue weighted by molar-refractivity contribution is 7.19. The highest BCUT2D eigenvalue weighted by Crippen LogP contribution is 2.42. The normalized spacial score (nSPS) is 22.8. The van der Waals surface area contributed by atoms with Gasteiger partial charge in [-0.2, -0.15) is 0 Å². The summed E-state index contributed by atoms with van der Waals surface area (Å²) in [6, 6.07) is -0.0984. The lowest BCUT2D eigenvalue weighted by Gasteiger charge is -2.30. The average Bonchev–Trinajstić information content (AvgIpc) is 3.44. The number of anilines is 1. The van der Waals surface area contributed by atoms with Crippen molar-refractivity contribution in [2.75, 3.05) is 38.6 Å². The van der Waals surface area contributed by atoms with Gasteiger partial charge in [0.2, 0.25) is 5.91 Å². The molecule has 6 nitrogen and oxygen atoms in total. The molecule has 0 radical (unpaired) electrons. The summed E-state index contributed by atoms with van der Waals surface area (Å²) in [5, 5.41) is 1.24. The van der Waals surface area contributed by atoms with Crippen molar-refractivity contribution in [2.24, 2.45) is 5.92 Å². The monoisotopic (exact) mass is 427 g/mol. The van der Waals surface area contributed by atoms with Crippen LogP contribution in [-0.2, 0) is 24.2 Å². The summed E-state index contributed by atoms with van der Waals surface area (Å²) in [5.74, 6) is 2.97. The summed E-state index contributed by atoms with van der Waals surface area (Å²) in [7, 11) is 3.72. The Morgan fingerprint density at radius 2 is 1.90 bits per heavy atom. The number of aryl methyl sites for hydroxylation is 2. The van der Waals surface area contributed by atoms with Crippen molar-refractivity contribution >= 4 is 33.3 Å². The molecule has 0 saturated carbocycles. The van der Waals surface area contributed by atoms with E-state index in [0.717, 1.165) is 74.3 Å². The third-order valence-corrected chi connectivity index (χ3v) is 8.27. The second kappa shape index (κ2) is 8.08. The molecule has 2 aromatic heterocycles. The molecule has 1 atom stereocenters. The van der Waals surface area contributed by atoms with E-state index in [1.165, 1.54) is 35.1 Å². The van der Waals surface area contributed by atoms with Crippen molar-refractivity contribution in [1.29, 1.82) is 0 Å². The van der Waals surface area contributed by atoms with Gasteiger partial charge in [-0.1, -0.05) is 6.92 Å². The largest absolute Gasteiger partial charge is 0.347 e. The van der Waals surface area contributed by atoms with E-state index in [9.17, 15) is 4.79 Å². The molecule has 0 spiro atoms. The van der Waals surface area contributed by atoms with E-state index in [1.807, 2.05) is 25.4 Å². The number of rotatable bonds is 4. The van der Waals surface area contributed by atoms with Crippen LogP contribution < -0.4 is 4.90 Å². The molecule has 0 unspecified atom stereocenters. The quantitative estimate of drug-likeness (QED) is 0.748. The molecule has 2 fully saturated rings. The molecule has 0 aromatic carbocycles. The van der Waals surface area contributed by atoms with Gasteiger partial charge in [-0.05, 0) is 69.5 Å². The molecule has 0 bridgehead atoms. The van der Waals surface area contributed by atoms with E-state index >= 15 is 0 Å². The molecular weight excluding hydrogens is 394 g/mol. The van der Waals surface area contributed by atoms with Crippen LogP contribution in [0.3, 0.4) is 0 Å². The number of amides is 1. The molecule has 1 amide bonds. The molecule has 162 valence electrons. The van der Waals surface area contributed by atoms with Crippen LogP contribution in [0.2, 0.25) is 0 Å². The zero-order valence-corrected chi connectivity index (χ0v) is 19.3. The number of fused-ring (bicyclic) bond motifs is 3. The van der Waals surface area contributed by atoms with Crippen molar-refractivity contribution in [2.45, 2.75) is 64.5 Å². The highest BCUT2D eigenvalue weighted by Gasteiger charge is 2.35. The van der Waals surface area contributed by atoms with E-state index in [-0.39, 0.29) is 11.9 Å². The van der Waals surface area contributed by atoms with Crippen molar-refractivity contribution in [3.63, 3.8) is 0 Å².